The fourth-order valence-electron chi connectivity index (χ4n) is 3.74. The quantitative estimate of drug-likeness (QED) is 0.499. The summed E-state index contributed by atoms with van der Waals surface area (Å²) in [6, 6.07) is 12.0. The molecule has 6 nitrogen and oxygen atoms in total. The Labute approximate surface area is 179 Å². The molecule has 0 amide bonds. The van der Waals surface area contributed by atoms with E-state index in [9.17, 15) is 0 Å². The van der Waals surface area contributed by atoms with Crippen LogP contribution < -0.4 is 15.4 Å². The van der Waals surface area contributed by atoms with Gasteiger partial charge in [-0.2, -0.15) is 0 Å². The summed E-state index contributed by atoms with van der Waals surface area (Å²) in [7, 11) is 1.68. The van der Waals surface area contributed by atoms with Gasteiger partial charge in [0.1, 0.15) is 5.75 Å². The van der Waals surface area contributed by atoms with Crippen molar-refractivity contribution in [1.29, 1.82) is 0 Å². The van der Waals surface area contributed by atoms with Gasteiger partial charge in [-0.25, -0.2) is 9.97 Å². The van der Waals surface area contributed by atoms with Crippen molar-refractivity contribution in [2.45, 2.75) is 13.0 Å². The molecule has 0 aliphatic carbocycles. The molecule has 1 aliphatic heterocycles. The minimum absolute atomic E-state index is 0.513. The van der Waals surface area contributed by atoms with Crippen LogP contribution >= 0.6 is 11.6 Å². The summed E-state index contributed by atoms with van der Waals surface area (Å²) in [6.07, 6.45) is 6.25. The molecule has 4 aromatic rings. The third-order valence-corrected chi connectivity index (χ3v) is 5.65. The SMILES string of the molecule is COc1cc2c(cc1Nc1ncc3ccc(-c4cnccc4Cl)cc3n1)CNCC2. The number of ether oxygens (including phenoxy) is 1. The van der Waals surface area contributed by atoms with Crippen LogP contribution in [-0.4, -0.2) is 28.6 Å². The molecule has 0 unspecified atom stereocenters. The first-order valence-corrected chi connectivity index (χ1v) is 10.1. The average molecular weight is 418 g/mol. The van der Waals surface area contributed by atoms with Crippen molar-refractivity contribution in [3.63, 3.8) is 0 Å². The first-order chi connectivity index (χ1) is 14.7. The van der Waals surface area contributed by atoms with E-state index in [-0.39, 0.29) is 0 Å². The normalized spacial score (nSPS) is 13.1. The van der Waals surface area contributed by atoms with Gasteiger partial charge < -0.3 is 15.4 Å². The fraction of sp³-hybridized carbons (Fsp3) is 0.174. The van der Waals surface area contributed by atoms with Crippen molar-refractivity contribution in [2.75, 3.05) is 19.0 Å². The molecule has 0 atom stereocenters. The summed E-state index contributed by atoms with van der Waals surface area (Å²) in [5.74, 6) is 1.30. The molecule has 0 saturated carbocycles. The first kappa shape index (κ1) is 18.8. The number of halogens is 1. The molecule has 7 heteroatoms. The van der Waals surface area contributed by atoms with Crippen molar-refractivity contribution in [3.05, 3.63) is 71.1 Å². The van der Waals surface area contributed by atoms with Crippen LogP contribution in [0.4, 0.5) is 11.6 Å². The second-order valence-corrected chi connectivity index (χ2v) is 7.60. The van der Waals surface area contributed by atoms with Crippen molar-refractivity contribution < 1.29 is 4.74 Å². The molecule has 2 aromatic heterocycles. The highest BCUT2D eigenvalue weighted by Crippen LogP contribution is 2.33. The van der Waals surface area contributed by atoms with Crippen molar-refractivity contribution in [2.24, 2.45) is 0 Å². The second kappa shape index (κ2) is 7.89. The topological polar surface area (TPSA) is 72.0 Å². The maximum absolute atomic E-state index is 6.34. The minimum atomic E-state index is 0.513. The number of nitrogens with zero attached hydrogens (tertiary/aromatic N) is 3. The van der Waals surface area contributed by atoms with E-state index in [4.69, 9.17) is 21.3 Å². The van der Waals surface area contributed by atoms with Crippen LogP contribution in [0.3, 0.4) is 0 Å². The third kappa shape index (κ3) is 3.56. The summed E-state index contributed by atoms with van der Waals surface area (Å²) in [5.41, 5.74) is 6.09. The Balaban J connectivity index is 1.52. The highest BCUT2D eigenvalue weighted by Gasteiger charge is 2.15. The van der Waals surface area contributed by atoms with Gasteiger partial charge in [-0.1, -0.05) is 23.7 Å². The first-order valence-electron chi connectivity index (χ1n) is 9.75. The van der Waals surface area contributed by atoms with Crippen LogP contribution in [0.1, 0.15) is 11.1 Å². The molecule has 5 rings (SSSR count). The predicted octanol–water partition coefficient (Wildman–Crippen LogP) is 4.74. The molecule has 150 valence electrons. The zero-order valence-corrected chi connectivity index (χ0v) is 17.2. The summed E-state index contributed by atoms with van der Waals surface area (Å²) in [5, 5.41) is 8.33. The summed E-state index contributed by atoms with van der Waals surface area (Å²) in [4.78, 5) is 13.4. The lowest BCUT2D eigenvalue weighted by atomic mass is 10.00. The maximum atomic E-state index is 6.34. The molecule has 2 aromatic carbocycles. The minimum Gasteiger partial charge on any atom is -0.495 e. The highest BCUT2D eigenvalue weighted by molar-refractivity contribution is 6.33. The van der Waals surface area contributed by atoms with E-state index >= 15 is 0 Å². The molecular formula is C23H20ClN5O. The zero-order valence-electron chi connectivity index (χ0n) is 16.4. The van der Waals surface area contributed by atoms with Crippen molar-refractivity contribution in [1.82, 2.24) is 20.3 Å². The van der Waals surface area contributed by atoms with Crippen LogP contribution in [0.25, 0.3) is 22.0 Å². The van der Waals surface area contributed by atoms with Crippen LogP contribution in [0, 0.1) is 0 Å². The number of aromatic nitrogens is 3. The van der Waals surface area contributed by atoms with E-state index in [0.717, 1.165) is 53.0 Å². The van der Waals surface area contributed by atoms with Crippen molar-refractivity contribution in [3.8, 4) is 16.9 Å². The lowest BCUT2D eigenvalue weighted by Crippen LogP contribution is -2.23. The van der Waals surface area contributed by atoms with E-state index in [1.807, 2.05) is 24.4 Å². The van der Waals surface area contributed by atoms with E-state index in [1.54, 1.807) is 25.6 Å². The Bertz CT molecular complexity index is 1240. The Kier molecular flexibility index (Phi) is 4.94. The van der Waals surface area contributed by atoms with Crippen molar-refractivity contribution >= 4 is 34.1 Å². The average Bonchev–Trinajstić information content (AvgIpc) is 2.78. The number of benzene rings is 2. The van der Waals surface area contributed by atoms with E-state index in [2.05, 4.69) is 32.7 Å². The number of nitrogens with one attached hydrogen (secondary N) is 2. The summed E-state index contributed by atoms with van der Waals surface area (Å²) >= 11 is 6.34. The van der Waals surface area contributed by atoms with Crippen LogP contribution in [0.5, 0.6) is 5.75 Å². The van der Waals surface area contributed by atoms with Crippen LogP contribution in [0.15, 0.2) is 55.0 Å². The monoisotopic (exact) mass is 417 g/mol. The van der Waals surface area contributed by atoms with Gasteiger partial charge in [-0.15, -0.1) is 0 Å². The van der Waals surface area contributed by atoms with Gasteiger partial charge in [0.05, 0.1) is 23.3 Å². The Hall–Kier alpha value is -3.22. The zero-order chi connectivity index (χ0) is 20.5. The molecule has 30 heavy (non-hydrogen) atoms. The lowest BCUT2D eigenvalue weighted by molar-refractivity contribution is 0.415. The Morgan fingerprint density at radius 2 is 2.03 bits per heavy atom. The van der Waals surface area contributed by atoms with Gasteiger partial charge in [-0.05, 0) is 53.9 Å². The summed E-state index contributed by atoms with van der Waals surface area (Å²) < 4.78 is 5.60. The van der Waals surface area contributed by atoms with Gasteiger partial charge in [0.15, 0.2) is 0 Å². The molecule has 0 saturated heterocycles. The Morgan fingerprint density at radius 3 is 2.90 bits per heavy atom. The molecule has 0 spiro atoms. The van der Waals surface area contributed by atoms with Gasteiger partial charge in [0, 0.05) is 36.1 Å². The number of anilines is 2. The summed E-state index contributed by atoms with van der Waals surface area (Å²) in [6.45, 7) is 1.84. The standard InChI is InChI=1S/C23H20ClN5O/c1-30-22-10-14-4-6-25-11-17(14)9-21(22)29-23-27-12-16-3-2-15(8-20(16)28-23)18-13-26-7-5-19(18)24/h2-3,5,7-10,12-13,25H,4,6,11H2,1H3,(H,27,28,29). The fourth-order valence-corrected chi connectivity index (χ4v) is 3.95. The van der Waals surface area contributed by atoms with Crippen LogP contribution in [0.2, 0.25) is 5.02 Å². The Morgan fingerprint density at radius 1 is 1.10 bits per heavy atom. The molecule has 1 aliphatic rings. The maximum Gasteiger partial charge on any atom is 0.227 e. The molecule has 0 fully saturated rings. The number of methoxy groups -OCH3 is 1. The van der Waals surface area contributed by atoms with Gasteiger partial charge in [0.2, 0.25) is 5.95 Å². The molecule has 0 bridgehead atoms. The van der Waals surface area contributed by atoms with E-state index in [0.29, 0.717) is 11.0 Å². The second-order valence-electron chi connectivity index (χ2n) is 7.20. The number of rotatable bonds is 4. The third-order valence-electron chi connectivity index (χ3n) is 5.32. The predicted molar refractivity (Wildman–Crippen MR) is 119 cm³/mol. The molecular weight excluding hydrogens is 398 g/mol. The number of pyridine rings is 1. The highest BCUT2D eigenvalue weighted by atomic mass is 35.5. The van der Waals surface area contributed by atoms with Gasteiger partial charge in [-0.3, -0.25) is 4.98 Å². The number of hydrogen-bond acceptors (Lipinski definition) is 6. The lowest BCUT2D eigenvalue weighted by Gasteiger charge is -2.20. The molecule has 2 N–H and O–H groups in total. The smallest absolute Gasteiger partial charge is 0.227 e. The molecule has 3 heterocycles. The van der Waals surface area contributed by atoms with Gasteiger partial charge >= 0.3 is 0 Å². The van der Waals surface area contributed by atoms with E-state index in [1.165, 1.54) is 11.1 Å². The van der Waals surface area contributed by atoms with Gasteiger partial charge in [0.25, 0.3) is 0 Å². The molecule has 0 radical (unpaired) electrons. The van der Waals surface area contributed by atoms with E-state index < -0.39 is 0 Å². The van der Waals surface area contributed by atoms with Crippen LogP contribution in [-0.2, 0) is 13.0 Å². The number of fused-ring (bicyclic) bond motifs is 2. The number of hydrogen-bond donors (Lipinski definition) is 2. The largest absolute Gasteiger partial charge is 0.495 e.